The zero-order valence-electron chi connectivity index (χ0n) is 13.4. The molecule has 1 aromatic heterocycles. The lowest BCUT2D eigenvalue weighted by Crippen LogP contribution is -2.33. The van der Waals surface area contributed by atoms with Crippen LogP contribution < -0.4 is 10.7 Å². The lowest BCUT2D eigenvalue weighted by molar-refractivity contribution is 0.0909. The number of phenolic OH excluding ortho intramolecular Hbond substituents is 1. The van der Waals surface area contributed by atoms with E-state index in [1.165, 1.54) is 0 Å². The molecular formula is C17H18F2NO4P. The molecule has 5 nitrogen and oxygen atoms in total. The highest BCUT2D eigenvalue weighted by molar-refractivity contribution is 7.18. The Bertz CT molecular complexity index is 871. The van der Waals surface area contributed by atoms with Gasteiger partial charge in [0.1, 0.15) is 11.2 Å². The molecule has 0 aliphatic heterocycles. The average Bonchev–Trinajstić information content (AvgIpc) is 2.54. The first-order valence-electron chi connectivity index (χ1n) is 7.97. The van der Waals surface area contributed by atoms with Crippen LogP contribution in [-0.4, -0.2) is 23.0 Å². The van der Waals surface area contributed by atoms with Crippen LogP contribution in [0.5, 0.6) is 5.75 Å². The van der Waals surface area contributed by atoms with E-state index in [9.17, 15) is 23.5 Å². The van der Waals surface area contributed by atoms with Crippen molar-refractivity contribution >= 4 is 26.1 Å². The SMILES string of the molecule is O=C(NCC1CCC(F)(P)CC1)c1cc(=O)c2cc(F)cc(O)c2o1. The van der Waals surface area contributed by atoms with Crippen molar-refractivity contribution in [2.75, 3.05) is 6.54 Å². The molecule has 1 aliphatic carbocycles. The van der Waals surface area contributed by atoms with Gasteiger partial charge in [0.05, 0.1) is 5.39 Å². The predicted molar refractivity (Wildman–Crippen MR) is 91.9 cm³/mol. The third-order valence-electron chi connectivity index (χ3n) is 4.49. The number of fused-ring (bicyclic) bond motifs is 1. The summed E-state index contributed by atoms with van der Waals surface area (Å²) in [6.45, 7) is 0.344. The number of alkyl halides is 1. The topological polar surface area (TPSA) is 79.5 Å². The molecule has 1 heterocycles. The summed E-state index contributed by atoms with van der Waals surface area (Å²) in [4.78, 5) is 24.2. The van der Waals surface area contributed by atoms with Crippen molar-refractivity contribution in [3.63, 3.8) is 0 Å². The molecule has 0 saturated heterocycles. The molecule has 1 amide bonds. The zero-order valence-corrected chi connectivity index (χ0v) is 14.5. The van der Waals surface area contributed by atoms with Crippen LogP contribution in [0.1, 0.15) is 36.2 Å². The van der Waals surface area contributed by atoms with Crippen molar-refractivity contribution in [1.29, 1.82) is 0 Å². The number of rotatable bonds is 3. The van der Waals surface area contributed by atoms with E-state index >= 15 is 0 Å². The van der Waals surface area contributed by atoms with Gasteiger partial charge < -0.3 is 14.8 Å². The smallest absolute Gasteiger partial charge is 0.287 e. The summed E-state index contributed by atoms with van der Waals surface area (Å²) >= 11 is 0. The summed E-state index contributed by atoms with van der Waals surface area (Å²) in [6, 6.07) is 2.71. The second-order valence-corrected chi connectivity index (χ2v) is 7.50. The molecule has 8 heteroatoms. The normalized spacial score (nSPS) is 23.6. The molecule has 0 radical (unpaired) electrons. The molecule has 0 spiro atoms. The van der Waals surface area contributed by atoms with E-state index < -0.39 is 28.3 Å². The maximum atomic E-state index is 13.7. The summed E-state index contributed by atoms with van der Waals surface area (Å²) < 4.78 is 32.3. The summed E-state index contributed by atoms with van der Waals surface area (Å²) in [7, 11) is 2.22. The first kappa shape index (κ1) is 17.8. The second kappa shape index (κ2) is 6.71. The number of phenols is 1. The number of carbonyl (C=O) groups is 1. The molecular weight excluding hydrogens is 351 g/mol. The van der Waals surface area contributed by atoms with Gasteiger partial charge in [0.15, 0.2) is 22.5 Å². The Labute approximate surface area is 144 Å². The van der Waals surface area contributed by atoms with Gasteiger partial charge in [-0.05, 0) is 37.7 Å². The van der Waals surface area contributed by atoms with Crippen LogP contribution in [0.2, 0.25) is 0 Å². The number of aromatic hydroxyl groups is 1. The minimum absolute atomic E-state index is 0.138. The van der Waals surface area contributed by atoms with Gasteiger partial charge in [-0.2, -0.15) is 0 Å². The van der Waals surface area contributed by atoms with Gasteiger partial charge in [0.25, 0.3) is 5.91 Å². The number of halogens is 2. The Morgan fingerprint density at radius 1 is 1.36 bits per heavy atom. The van der Waals surface area contributed by atoms with Gasteiger partial charge in [-0.15, -0.1) is 0 Å². The largest absolute Gasteiger partial charge is 0.504 e. The Hall–Kier alpha value is -2.01. The molecule has 3 rings (SSSR count). The molecule has 1 fully saturated rings. The molecule has 1 aliphatic rings. The van der Waals surface area contributed by atoms with E-state index in [-0.39, 0.29) is 22.6 Å². The van der Waals surface area contributed by atoms with Gasteiger partial charge in [-0.25, -0.2) is 8.78 Å². The van der Waals surface area contributed by atoms with Crippen molar-refractivity contribution < 1.29 is 23.1 Å². The van der Waals surface area contributed by atoms with Gasteiger partial charge in [-0.1, -0.05) is 9.24 Å². The Kier molecular flexibility index (Phi) is 4.78. The molecule has 134 valence electrons. The molecule has 2 aromatic rings. The summed E-state index contributed by atoms with van der Waals surface area (Å²) in [5.74, 6) is -2.03. The molecule has 1 unspecified atom stereocenters. The van der Waals surface area contributed by atoms with Gasteiger partial charge in [0, 0.05) is 18.7 Å². The number of carbonyl (C=O) groups excluding carboxylic acids is 1. The van der Waals surface area contributed by atoms with Gasteiger partial charge in [-0.3, -0.25) is 9.59 Å². The highest BCUT2D eigenvalue weighted by Gasteiger charge is 2.31. The molecule has 1 aromatic carbocycles. The molecule has 1 saturated carbocycles. The van der Waals surface area contributed by atoms with E-state index in [0.29, 0.717) is 32.2 Å². The maximum Gasteiger partial charge on any atom is 0.287 e. The van der Waals surface area contributed by atoms with E-state index in [2.05, 4.69) is 14.6 Å². The fourth-order valence-electron chi connectivity index (χ4n) is 3.00. The lowest BCUT2D eigenvalue weighted by Gasteiger charge is -2.30. The fraction of sp³-hybridized carbons (Fsp3) is 0.412. The molecule has 1 atom stereocenters. The van der Waals surface area contributed by atoms with Crippen molar-refractivity contribution in [3.8, 4) is 5.75 Å². The van der Waals surface area contributed by atoms with Crippen LogP contribution in [0.3, 0.4) is 0 Å². The Morgan fingerprint density at radius 2 is 2.04 bits per heavy atom. The number of nitrogens with one attached hydrogen (secondary N) is 1. The highest BCUT2D eigenvalue weighted by atomic mass is 31.0. The van der Waals surface area contributed by atoms with Crippen LogP contribution in [0, 0.1) is 11.7 Å². The fourth-order valence-corrected chi connectivity index (χ4v) is 3.34. The monoisotopic (exact) mass is 369 g/mol. The molecule has 25 heavy (non-hydrogen) atoms. The summed E-state index contributed by atoms with van der Waals surface area (Å²) in [5.41, 5.74) is -0.856. The van der Waals surface area contributed by atoms with Crippen LogP contribution in [0.4, 0.5) is 8.78 Å². The minimum atomic E-state index is -1.22. The van der Waals surface area contributed by atoms with Crippen molar-refractivity contribution in [2.45, 2.75) is 31.1 Å². The summed E-state index contributed by atoms with van der Waals surface area (Å²) in [5, 5.41) is 11.0. The third kappa shape index (κ3) is 3.98. The number of hydrogen-bond acceptors (Lipinski definition) is 4. The average molecular weight is 369 g/mol. The van der Waals surface area contributed by atoms with Gasteiger partial charge in [0.2, 0.25) is 0 Å². The number of benzene rings is 1. The Morgan fingerprint density at radius 3 is 2.72 bits per heavy atom. The third-order valence-corrected chi connectivity index (χ3v) is 5.06. The van der Waals surface area contributed by atoms with Crippen LogP contribution in [0.25, 0.3) is 11.0 Å². The van der Waals surface area contributed by atoms with Crippen LogP contribution in [-0.2, 0) is 0 Å². The van der Waals surface area contributed by atoms with Gasteiger partial charge >= 0.3 is 0 Å². The van der Waals surface area contributed by atoms with Crippen molar-refractivity contribution in [3.05, 3.63) is 40.0 Å². The highest BCUT2D eigenvalue weighted by Crippen LogP contribution is 2.39. The molecule has 2 N–H and O–H groups in total. The predicted octanol–water partition coefficient (Wildman–Crippen LogP) is 3.10. The van der Waals surface area contributed by atoms with E-state index in [1.54, 1.807) is 0 Å². The van der Waals surface area contributed by atoms with Crippen LogP contribution in [0.15, 0.2) is 27.4 Å². The van der Waals surface area contributed by atoms with Crippen LogP contribution >= 0.6 is 9.24 Å². The standard InChI is InChI=1S/C17H18F2NO4P/c18-10-5-11-12(21)7-14(24-15(11)13(22)6-10)16(23)20-8-9-1-3-17(19,25)4-2-9/h5-7,9,22H,1-4,8,25H2,(H,20,23). The number of hydrogen-bond donors (Lipinski definition) is 2. The lowest BCUT2D eigenvalue weighted by atomic mass is 9.87. The van der Waals surface area contributed by atoms with E-state index in [1.807, 2.05) is 0 Å². The quantitative estimate of drug-likeness (QED) is 0.815. The summed E-state index contributed by atoms with van der Waals surface area (Å²) in [6.07, 6.45) is 2.15. The van der Waals surface area contributed by atoms with E-state index in [0.717, 1.165) is 18.2 Å². The Balaban J connectivity index is 1.73. The first-order chi connectivity index (χ1) is 11.7. The number of amides is 1. The maximum absolute atomic E-state index is 13.7. The zero-order chi connectivity index (χ0) is 18.2. The minimum Gasteiger partial charge on any atom is -0.504 e. The van der Waals surface area contributed by atoms with Crippen molar-refractivity contribution in [2.24, 2.45) is 5.92 Å². The first-order valence-corrected chi connectivity index (χ1v) is 8.55. The molecule has 0 bridgehead atoms. The second-order valence-electron chi connectivity index (χ2n) is 6.46. The van der Waals surface area contributed by atoms with E-state index in [4.69, 9.17) is 4.42 Å². The van der Waals surface area contributed by atoms with Crippen molar-refractivity contribution in [1.82, 2.24) is 5.32 Å².